The van der Waals surface area contributed by atoms with Gasteiger partial charge in [-0.1, -0.05) is 31.4 Å². The smallest absolute Gasteiger partial charge is 0.288 e. The Kier molecular flexibility index (Phi) is 10.8. The van der Waals surface area contributed by atoms with Crippen LogP contribution < -0.4 is 4.74 Å². The number of carbonyl (C=O) groups is 1. The Morgan fingerprint density at radius 2 is 1.73 bits per heavy atom. The zero-order valence-electron chi connectivity index (χ0n) is 23.6. The quantitative estimate of drug-likeness (QED) is 0.398. The van der Waals surface area contributed by atoms with Crippen LogP contribution in [0, 0.1) is 5.82 Å². The lowest BCUT2D eigenvalue weighted by atomic mass is 9.92. The molecule has 0 bridgehead atoms. The first-order valence-corrected chi connectivity index (χ1v) is 15.4. The molecule has 41 heavy (non-hydrogen) atoms. The summed E-state index contributed by atoms with van der Waals surface area (Å²) >= 11 is 0. The summed E-state index contributed by atoms with van der Waals surface area (Å²) < 4.78 is 58.3. The van der Waals surface area contributed by atoms with E-state index in [1.54, 1.807) is 42.3 Å². The second-order valence-electron chi connectivity index (χ2n) is 10.4. The molecule has 1 amide bonds. The number of rotatable bonds is 12. The molecule has 0 aromatic heterocycles. The Morgan fingerprint density at radius 3 is 2.37 bits per heavy atom. The number of aliphatic hydroxyl groups is 1. The number of hydrogen-bond acceptors (Lipinski definition) is 7. The molecule has 0 saturated heterocycles. The van der Waals surface area contributed by atoms with Crippen molar-refractivity contribution in [3.05, 3.63) is 71.7 Å². The van der Waals surface area contributed by atoms with Gasteiger partial charge in [-0.15, -0.1) is 0 Å². The molecule has 2 atom stereocenters. The van der Waals surface area contributed by atoms with Crippen molar-refractivity contribution in [3.8, 4) is 5.75 Å². The summed E-state index contributed by atoms with van der Waals surface area (Å²) in [4.78, 5) is 15.3. The number of hydrogen-bond donors (Lipinski definition) is 1. The normalized spacial score (nSPS) is 19.9. The van der Waals surface area contributed by atoms with Gasteiger partial charge in [-0.25, -0.2) is 12.8 Å². The fourth-order valence-electron chi connectivity index (χ4n) is 5.31. The number of aliphatic hydroxyl groups excluding tert-OH is 1. The molecule has 2 aromatic carbocycles. The van der Waals surface area contributed by atoms with E-state index in [0.717, 1.165) is 35.6 Å². The summed E-state index contributed by atoms with van der Waals surface area (Å²) in [6.45, 7) is -0.546. The van der Waals surface area contributed by atoms with Crippen LogP contribution in [-0.4, -0.2) is 81.4 Å². The van der Waals surface area contributed by atoms with Crippen LogP contribution in [0.2, 0.25) is 0 Å². The molecule has 0 spiro atoms. The Balaban J connectivity index is 1.47. The topological polar surface area (TPSA) is 106 Å². The zero-order valence-corrected chi connectivity index (χ0v) is 24.4. The molecule has 1 aliphatic carbocycles. The first kappa shape index (κ1) is 31.0. The second-order valence-corrected chi connectivity index (χ2v) is 12.3. The lowest BCUT2D eigenvalue weighted by molar-refractivity contribution is -0.153. The average molecular weight is 591 g/mol. The summed E-state index contributed by atoms with van der Waals surface area (Å²) in [6.07, 6.45) is 6.52. The Labute approximate surface area is 241 Å². The molecule has 9 nitrogen and oxygen atoms in total. The summed E-state index contributed by atoms with van der Waals surface area (Å²) in [7, 11) is -0.624. The van der Waals surface area contributed by atoms with E-state index in [-0.39, 0.29) is 60.6 Å². The summed E-state index contributed by atoms with van der Waals surface area (Å²) in [5.74, 6) is -0.153. The molecule has 0 radical (unpaired) electrons. The van der Waals surface area contributed by atoms with Gasteiger partial charge in [0.1, 0.15) is 11.6 Å². The third kappa shape index (κ3) is 7.85. The van der Waals surface area contributed by atoms with Crippen molar-refractivity contribution in [2.75, 3.05) is 40.5 Å². The SMILES string of the molecule is COc1ccc(S(=O)(=O)N(CCO)CCO[C@H]2C[C@@H](c3ccc(F)cc3)C=C(C(=O)N(C)C3CCCCC3)O2)cc1. The van der Waals surface area contributed by atoms with Gasteiger partial charge in [-0.2, -0.15) is 4.31 Å². The number of benzene rings is 2. The molecule has 11 heteroatoms. The molecule has 1 N–H and O–H groups in total. The van der Waals surface area contributed by atoms with Crippen LogP contribution in [0.5, 0.6) is 5.75 Å². The molecule has 2 aromatic rings. The molecule has 1 aliphatic heterocycles. The minimum atomic E-state index is -3.91. The number of halogens is 1. The van der Waals surface area contributed by atoms with E-state index in [0.29, 0.717) is 12.2 Å². The fraction of sp³-hybridized carbons (Fsp3) is 0.500. The largest absolute Gasteiger partial charge is 0.497 e. The summed E-state index contributed by atoms with van der Waals surface area (Å²) in [5, 5.41) is 9.54. The van der Waals surface area contributed by atoms with Gasteiger partial charge >= 0.3 is 0 Å². The highest BCUT2D eigenvalue weighted by atomic mass is 32.2. The van der Waals surface area contributed by atoms with Crippen LogP contribution in [0.3, 0.4) is 0 Å². The van der Waals surface area contributed by atoms with Crippen LogP contribution in [0.4, 0.5) is 4.39 Å². The Bertz CT molecular complexity index is 1280. The minimum Gasteiger partial charge on any atom is -0.497 e. The van der Waals surface area contributed by atoms with Crippen molar-refractivity contribution in [2.24, 2.45) is 0 Å². The van der Waals surface area contributed by atoms with E-state index in [2.05, 4.69) is 0 Å². The van der Waals surface area contributed by atoms with Crippen LogP contribution in [-0.2, 0) is 24.3 Å². The number of ether oxygens (including phenoxy) is 3. The first-order chi connectivity index (χ1) is 19.7. The molecule has 4 rings (SSSR count). The number of amides is 1. The van der Waals surface area contributed by atoms with Gasteiger partial charge in [0.15, 0.2) is 5.76 Å². The fourth-order valence-corrected chi connectivity index (χ4v) is 6.72. The monoisotopic (exact) mass is 590 g/mol. The second kappa shape index (κ2) is 14.3. The minimum absolute atomic E-state index is 0.0316. The highest BCUT2D eigenvalue weighted by Gasteiger charge is 2.33. The number of methoxy groups -OCH3 is 1. The molecular formula is C30H39FN2O7S. The van der Waals surface area contributed by atoms with E-state index in [4.69, 9.17) is 14.2 Å². The molecule has 1 heterocycles. The van der Waals surface area contributed by atoms with Gasteiger partial charge in [0.2, 0.25) is 16.3 Å². The number of likely N-dealkylation sites (N-methyl/N-ethyl adjacent to an activating group) is 1. The predicted molar refractivity (Wildman–Crippen MR) is 151 cm³/mol. The first-order valence-electron chi connectivity index (χ1n) is 14.0. The molecular weight excluding hydrogens is 551 g/mol. The summed E-state index contributed by atoms with van der Waals surface area (Å²) in [5.41, 5.74) is 0.818. The van der Waals surface area contributed by atoms with Gasteiger partial charge in [0.25, 0.3) is 5.91 Å². The van der Waals surface area contributed by atoms with Crippen molar-refractivity contribution in [1.82, 2.24) is 9.21 Å². The standard InChI is InChI=1S/C30H39FN2O7S/c1-32(25-6-4-3-5-7-25)30(35)28-20-23(22-8-10-24(31)11-9-22)21-29(40-28)39-19-17-33(16-18-34)41(36,37)27-14-12-26(38-2)13-15-27/h8-15,20,23,25,29,34H,3-7,16-19,21H2,1-2H3/t23-,29+/m0/s1. The molecule has 224 valence electrons. The van der Waals surface area contributed by atoms with E-state index in [1.807, 2.05) is 0 Å². The van der Waals surface area contributed by atoms with Crippen molar-refractivity contribution in [2.45, 2.75) is 61.7 Å². The maximum Gasteiger partial charge on any atom is 0.288 e. The van der Waals surface area contributed by atoms with Crippen molar-refractivity contribution in [3.63, 3.8) is 0 Å². The predicted octanol–water partition coefficient (Wildman–Crippen LogP) is 4.04. The van der Waals surface area contributed by atoms with Gasteiger partial charge in [0.05, 0.1) is 25.2 Å². The summed E-state index contributed by atoms with van der Waals surface area (Å²) in [6, 6.07) is 12.3. The Hall–Kier alpha value is -2.99. The highest BCUT2D eigenvalue weighted by molar-refractivity contribution is 7.89. The van der Waals surface area contributed by atoms with Crippen LogP contribution in [0.1, 0.15) is 50.0 Å². The average Bonchev–Trinajstić information content (AvgIpc) is 3.00. The van der Waals surface area contributed by atoms with Gasteiger partial charge in [-0.3, -0.25) is 4.79 Å². The van der Waals surface area contributed by atoms with Crippen LogP contribution >= 0.6 is 0 Å². The van der Waals surface area contributed by atoms with E-state index >= 15 is 0 Å². The highest BCUT2D eigenvalue weighted by Crippen LogP contribution is 2.33. The van der Waals surface area contributed by atoms with E-state index in [9.17, 15) is 22.7 Å². The number of nitrogens with zero attached hydrogens (tertiary/aromatic N) is 2. The Morgan fingerprint density at radius 1 is 1.05 bits per heavy atom. The van der Waals surface area contributed by atoms with Crippen LogP contribution in [0.15, 0.2) is 65.3 Å². The third-order valence-electron chi connectivity index (χ3n) is 7.70. The number of allylic oxidation sites excluding steroid dienone is 1. The van der Waals surface area contributed by atoms with E-state index in [1.165, 1.54) is 37.8 Å². The van der Waals surface area contributed by atoms with Gasteiger partial charge in [-0.05, 0) is 60.9 Å². The van der Waals surface area contributed by atoms with Crippen molar-refractivity contribution >= 4 is 15.9 Å². The lowest BCUT2D eigenvalue weighted by Crippen LogP contribution is -2.41. The number of carbonyl (C=O) groups excluding carboxylic acids is 1. The van der Waals surface area contributed by atoms with Gasteiger partial charge in [0, 0.05) is 38.5 Å². The van der Waals surface area contributed by atoms with Crippen LogP contribution in [0.25, 0.3) is 0 Å². The van der Waals surface area contributed by atoms with Crippen molar-refractivity contribution < 1.29 is 36.9 Å². The van der Waals surface area contributed by atoms with Gasteiger partial charge < -0.3 is 24.2 Å². The van der Waals surface area contributed by atoms with Crippen molar-refractivity contribution in [1.29, 1.82) is 0 Å². The molecule has 2 aliphatic rings. The zero-order chi connectivity index (χ0) is 29.4. The maximum absolute atomic E-state index is 13.6. The molecule has 0 unspecified atom stereocenters. The molecule has 1 saturated carbocycles. The third-order valence-corrected chi connectivity index (χ3v) is 9.61. The molecule has 1 fully saturated rings. The maximum atomic E-state index is 13.6. The number of sulfonamides is 1. The van der Waals surface area contributed by atoms with E-state index < -0.39 is 16.3 Å². The lowest BCUT2D eigenvalue weighted by Gasteiger charge is -2.35.